The quantitative estimate of drug-likeness (QED) is 0.724. The molecule has 1 aromatic carbocycles. The van der Waals surface area contributed by atoms with E-state index in [1.54, 1.807) is 13.0 Å². The maximum Gasteiger partial charge on any atom is 0.134 e. The Morgan fingerprint density at radius 2 is 2.07 bits per heavy atom. The summed E-state index contributed by atoms with van der Waals surface area (Å²) in [4.78, 5) is 0. The number of aliphatic hydroxyl groups is 1. The third-order valence-electron chi connectivity index (χ3n) is 1.70. The van der Waals surface area contributed by atoms with Gasteiger partial charge in [-0.1, -0.05) is 54.8 Å². The fourth-order valence-corrected chi connectivity index (χ4v) is 1.01. The van der Waals surface area contributed by atoms with E-state index in [9.17, 15) is 5.11 Å². The first-order chi connectivity index (χ1) is 7.18. The molecule has 0 radical (unpaired) electrons. The second kappa shape index (κ2) is 5.85. The van der Waals surface area contributed by atoms with Crippen molar-refractivity contribution >= 4 is 6.08 Å². The van der Waals surface area contributed by atoms with E-state index in [-0.39, 0.29) is 0 Å². The first kappa shape index (κ1) is 11.3. The third kappa shape index (κ3) is 4.85. The van der Waals surface area contributed by atoms with Crippen LogP contribution in [-0.4, -0.2) is 11.2 Å². The molecule has 0 saturated carbocycles. The van der Waals surface area contributed by atoms with Gasteiger partial charge in [-0.3, -0.25) is 0 Å². The standard InChI is InChI=1S/C14H14O/c1-12(2)8-10-14(15)11-9-13-6-4-3-5-7-13/h3-7,9,11,14-15H,1H2,2H3/b11-9+/t14-/m0/s1. The number of hydrogen-bond acceptors (Lipinski definition) is 1. The van der Waals surface area contributed by atoms with E-state index in [0.717, 1.165) is 11.1 Å². The van der Waals surface area contributed by atoms with Crippen LogP contribution < -0.4 is 0 Å². The summed E-state index contributed by atoms with van der Waals surface area (Å²) in [5, 5.41) is 9.46. The molecule has 1 aromatic rings. The van der Waals surface area contributed by atoms with Gasteiger partial charge in [0, 0.05) is 0 Å². The maximum atomic E-state index is 9.46. The second-order valence-corrected chi connectivity index (χ2v) is 3.26. The lowest BCUT2D eigenvalue weighted by Crippen LogP contribution is -1.96. The third-order valence-corrected chi connectivity index (χ3v) is 1.70. The summed E-state index contributed by atoms with van der Waals surface area (Å²) in [5.74, 6) is 5.41. The van der Waals surface area contributed by atoms with Crippen LogP contribution >= 0.6 is 0 Å². The summed E-state index contributed by atoms with van der Waals surface area (Å²) < 4.78 is 0. The fraction of sp³-hybridized carbons (Fsp3) is 0.143. The van der Waals surface area contributed by atoms with Crippen molar-refractivity contribution < 1.29 is 5.11 Å². The van der Waals surface area contributed by atoms with Gasteiger partial charge in [0.25, 0.3) is 0 Å². The van der Waals surface area contributed by atoms with E-state index in [4.69, 9.17) is 0 Å². The van der Waals surface area contributed by atoms with Crippen molar-refractivity contribution in [2.45, 2.75) is 13.0 Å². The summed E-state index contributed by atoms with van der Waals surface area (Å²) in [5.41, 5.74) is 1.80. The fourth-order valence-electron chi connectivity index (χ4n) is 1.01. The van der Waals surface area contributed by atoms with Crippen molar-refractivity contribution in [3.63, 3.8) is 0 Å². The van der Waals surface area contributed by atoms with Crippen LogP contribution in [0.2, 0.25) is 0 Å². The summed E-state index contributed by atoms with van der Waals surface area (Å²) in [6.07, 6.45) is 2.77. The summed E-state index contributed by atoms with van der Waals surface area (Å²) in [7, 11) is 0. The Morgan fingerprint density at radius 3 is 2.67 bits per heavy atom. The van der Waals surface area contributed by atoms with Crippen molar-refractivity contribution in [3.05, 3.63) is 54.1 Å². The summed E-state index contributed by atoms with van der Waals surface area (Å²) in [6, 6.07) is 9.79. The molecule has 1 N–H and O–H groups in total. The maximum absolute atomic E-state index is 9.46. The molecule has 76 valence electrons. The van der Waals surface area contributed by atoms with Crippen molar-refractivity contribution in [2.75, 3.05) is 0 Å². The average molecular weight is 198 g/mol. The zero-order chi connectivity index (χ0) is 11.1. The highest BCUT2D eigenvalue weighted by Crippen LogP contribution is 2.01. The molecule has 0 amide bonds. The van der Waals surface area contributed by atoms with Gasteiger partial charge >= 0.3 is 0 Å². The van der Waals surface area contributed by atoms with Gasteiger partial charge in [0.15, 0.2) is 0 Å². The molecule has 0 spiro atoms. The molecule has 1 heteroatoms. The van der Waals surface area contributed by atoms with Crippen LogP contribution in [0.25, 0.3) is 6.08 Å². The number of hydrogen-bond donors (Lipinski definition) is 1. The van der Waals surface area contributed by atoms with E-state index >= 15 is 0 Å². The minimum atomic E-state index is -0.734. The Hall–Kier alpha value is -1.78. The molecule has 0 heterocycles. The van der Waals surface area contributed by atoms with Gasteiger partial charge in [0.1, 0.15) is 6.10 Å². The molecule has 0 aliphatic carbocycles. The first-order valence-corrected chi connectivity index (χ1v) is 4.77. The molecular weight excluding hydrogens is 184 g/mol. The molecule has 0 aliphatic rings. The van der Waals surface area contributed by atoms with Gasteiger partial charge in [-0.25, -0.2) is 0 Å². The van der Waals surface area contributed by atoms with E-state index in [1.165, 1.54) is 0 Å². The Balaban J connectivity index is 2.60. The van der Waals surface area contributed by atoms with Crippen molar-refractivity contribution in [3.8, 4) is 11.8 Å². The van der Waals surface area contributed by atoms with Crippen LogP contribution in [-0.2, 0) is 0 Å². The molecule has 0 unspecified atom stereocenters. The lowest BCUT2D eigenvalue weighted by Gasteiger charge is -1.94. The smallest absolute Gasteiger partial charge is 0.134 e. The molecule has 0 fully saturated rings. The van der Waals surface area contributed by atoms with E-state index in [1.807, 2.05) is 36.4 Å². The molecule has 1 atom stereocenters. The summed E-state index contributed by atoms with van der Waals surface area (Å²) >= 11 is 0. The molecule has 0 aliphatic heterocycles. The van der Waals surface area contributed by atoms with Crippen LogP contribution in [0.4, 0.5) is 0 Å². The highest BCUT2D eigenvalue weighted by Gasteiger charge is 1.90. The largest absolute Gasteiger partial charge is 0.377 e. The molecule has 1 nitrogen and oxygen atoms in total. The Labute approximate surface area is 90.8 Å². The van der Waals surface area contributed by atoms with Crippen LogP contribution in [0, 0.1) is 11.8 Å². The molecular formula is C14H14O. The van der Waals surface area contributed by atoms with Gasteiger partial charge < -0.3 is 5.11 Å². The zero-order valence-corrected chi connectivity index (χ0v) is 8.77. The van der Waals surface area contributed by atoms with Gasteiger partial charge in [0.05, 0.1) is 0 Å². The van der Waals surface area contributed by atoms with Crippen LogP contribution in [0.1, 0.15) is 12.5 Å². The Morgan fingerprint density at radius 1 is 1.40 bits per heavy atom. The lowest BCUT2D eigenvalue weighted by atomic mass is 10.2. The zero-order valence-electron chi connectivity index (χ0n) is 8.77. The first-order valence-electron chi connectivity index (χ1n) is 4.77. The van der Waals surface area contributed by atoms with E-state index in [2.05, 4.69) is 18.4 Å². The van der Waals surface area contributed by atoms with Gasteiger partial charge in [-0.05, 0) is 24.1 Å². The van der Waals surface area contributed by atoms with Gasteiger partial charge in [0.2, 0.25) is 0 Å². The number of allylic oxidation sites excluding steroid dienone is 1. The van der Waals surface area contributed by atoms with Crippen molar-refractivity contribution in [2.24, 2.45) is 0 Å². The van der Waals surface area contributed by atoms with Crippen LogP contribution in [0.3, 0.4) is 0 Å². The van der Waals surface area contributed by atoms with Crippen LogP contribution in [0.15, 0.2) is 48.6 Å². The number of benzene rings is 1. The molecule has 0 saturated heterocycles. The van der Waals surface area contributed by atoms with E-state index in [0.29, 0.717) is 0 Å². The van der Waals surface area contributed by atoms with E-state index < -0.39 is 6.10 Å². The Bertz CT molecular complexity index is 404. The molecule has 1 rings (SSSR count). The molecule has 0 bridgehead atoms. The van der Waals surface area contributed by atoms with Crippen molar-refractivity contribution in [1.29, 1.82) is 0 Å². The summed E-state index contributed by atoms with van der Waals surface area (Å²) in [6.45, 7) is 5.44. The second-order valence-electron chi connectivity index (χ2n) is 3.26. The average Bonchev–Trinajstić information content (AvgIpc) is 2.25. The minimum Gasteiger partial charge on any atom is -0.377 e. The molecule has 0 aromatic heterocycles. The lowest BCUT2D eigenvalue weighted by molar-refractivity contribution is 0.281. The predicted molar refractivity (Wildman–Crippen MR) is 64.1 cm³/mol. The molecule has 15 heavy (non-hydrogen) atoms. The van der Waals surface area contributed by atoms with Gasteiger partial charge in [-0.15, -0.1) is 0 Å². The SMILES string of the molecule is C=C(C)C#C[C@H](O)/C=C/c1ccccc1. The minimum absolute atomic E-state index is 0.734. The normalized spacial score (nSPS) is 11.9. The number of aliphatic hydroxyl groups excluding tert-OH is 1. The van der Waals surface area contributed by atoms with Crippen molar-refractivity contribution in [1.82, 2.24) is 0 Å². The predicted octanol–water partition coefficient (Wildman–Crippen LogP) is 2.64. The van der Waals surface area contributed by atoms with Gasteiger partial charge in [-0.2, -0.15) is 0 Å². The number of rotatable bonds is 2. The highest BCUT2D eigenvalue weighted by atomic mass is 16.3. The highest BCUT2D eigenvalue weighted by molar-refractivity contribution is 5.50. The topological polar surface area (TPSA) is 20.2 Å². The van der Waals surface area contributed by atoms with Crippen LogP contribution in [0.5, 0.6) is 0 Å². The monoisotopic (exact) mass is 198 g/mol. The Kier molecular flexibility index (Phi) is 4.40.